The maximum Gasteiger partial charge on any atom is 0.222 e. The Labute approximate surface area is 91.4 Å². The molecule has 1 aliphatic heterocycles. The van der Waals surface area contributed by atoms with Crippen molar-refractivity contribution in [1.29, 1.82) is 0 Å². The van der Waals surface area contributed by atoms with Crippen LogP contribution in [0.1, 0.15) is 39.0 Å². The fraction of sp³-hybridized carbons (Fsp3) is 0.909. The fourth-order valence-corrected chi connectivity index (χ4v) is 2.41. The second-order valence-corrected chi connectivity index (χ2v) is 5.01. The van der Waals surface area contributed by atoms with E-state index in [-0.39, 0.29) is 0 Å². The number of carbonyl (C=O) groups excluding carboxylic acids is 1. The third-order valence-corrected chi connectivity index (χ3v) is 3.56. The molecule has 1 fully saturated rings. The van der Waals surface area contributed by atoms with Crippen LogP contribution in [0.2, 0.25) is 0 Å². The Morgan fingerprint density at radius 3 is 2.93 bits per heavy atom. The topological polar surface area (TPSA) is 20.3 Å². The van der Waals surface area contributed by atoms with Gasteiger partial charge in [-0.1, -0.05) is 0 Å². The Kier molecular flexibility index (Phi) is 5.38. The van der Waals surface area contributed by atoms with Gasteiger partial charge in [-0.3, -0.25) is 4.79 Å². The quantitative estimate of drug-likeness (QED) is 0.672. The molecule has 0 radical (unpaired) electrons. The third-order valence-electron chi connectivity index (χ3n) is 2.86. The molecule has 0 spiro atoms. The van der Waals surface area contributed by atoms with Gasteiger partial charge < -0.3 is 4.90 Å². The van der Waals surface area contributed by atoms with Gasteiger partial charge in [0.2, 0.25) is 5.91 Å². The van der Waals surface area contributed by atoms with E-state index in [1.807, 2.05) is 11.8 Å². The van der Waals surface area contributed by atoms with Gasteiger partial charge in [0.05, 0.1) is 0 Å². The van der Waals surface area contributed by atoms with Crippen LogP contribution in [0.3, 0.4) is 0 Å². The van der Waals surface area contributed by atoms with E-state index in [1.54, 1.807) is 0 Å². The van der Waals surface area contributed by atoms with Crippen LogP contribution in [0.25, 0.3) is 0 Å². The standard InChI is InChI=1S/C11H21NOS/c1-10-6-3-4-8-12(10)11(13)7-5-9-14-2/h10H,3-9H2,1-2H3. The molecule has 0 N–H and O–H groups in total. The van der Waals surface area contributed by atoms with Gasteiger partial charge in [0.1, 0.15) is 0 Å². The first-order valence-electron chi connectivity index (χ1n) is 5.54. The first kappa shape index (κ1) is 11.9. The second kappa shape index (κ2) is 6.33. The smallest absolute Gasteiger partial charge is 0.222 e. The normalized spacial score (nSPS) is 22.4. The van der Waals surface area contributed by atoms with Crippen LogP contribution in [-0.2, 0) is 4.79 Å². The van der Waals surface area contributed by atoms with Gasteiger partial charge in [-0.25, -0.2) is 0 Å². The van der Waals surface area contributed by atoms with Gasteiger partial charge in [0.25, 0.3) is 0 Å². The molecular weight excluding hydrogens is 194 g/mol. The van der Waals surface area contributed by atoms with E-state index in [0.717, 1.165) is 25.1 Å². The number of amides is 1. The van der Waals surface area contributed by atoms with Crippen molar-refractivity contribution < 1.29 is 4.79 Å². The minimum atomic E-state index is 0.367. The molecule has 1 amide bonds. The van der Waals surface area contributed by atoms with E-state index >= 15 is 0 Å². The number of nitrogens with zero attached hydrogens (tertiary/aromatic N) is 1. The van der Waals surface area contributed by atoms with Gasteiger partial charge in [-0.05, 0) is 44.6 Å². The molecule has 3 heteroatoms. The maximum atomic E-state index is 11.8. The predicted octanol–water partition coefficient (Wildman–Crippen LogP) is 2.53. The zero-order valence-corrected chi connectivity index (χ0v) is 10.1. The number of thioether (sulfide) groups is 1. The summed E-state index contributed by atoms with van der Waals surface area (Å²) >= 11 is 1.82. The molecule has 1 aliphatic rings. The lowest BCUT2D eigenvalue weighted by atomic mass is 10.0. The minimum absolute atomic E-state index is 0.367. The predicted molar refractivity (Wildman–Crippen MR) is 62.6 cm³/mol. The first-order chi connectivity index (χ1) is 6.75. The van der Waals surface area contributed by atoms with Crippen LogP contribution in [0, 0.1) is 0 Å². The molecule has 1 unspecified atom stereocenters. The van der Waals surface area contributed by atoms with E-state index in [4.69, 9.17) is 0 Å². The van der Waals surface area contributed by atoms with E-state index in [2.05, 4.69) is 18.1 Å². The van der Waals surface area contributed by atoms with E-state index < -0.39 is 0 Å². The molecule has 1 atom stereocenters. The van der Waals surface area contributed by atoms with Gasteiger partial charge in [0, 0.05) is 19.0 Å². The average molecular weight is 215 g/mol. The molecule has 0 saturated carbocycles. The van der Waals surface area contributed by atoms with Crippen LogP contribution in [-0.4, -0.2) is 35.4 Å². The monoisotopic (exact) mass is 215 g/mol. The van der Waals surface area contributed by atoms with Crippen LogP contribution >= 0.6 is 11.8 Å². The molecule has 0 aromatic heterocycles. The molecule has 14 heavy (non-hydrogen) atoms. The average Bonchev–Trinajstić information content (AvgIpc) is 2.18. The zero-order chi connectivity index (χ0) is 10.4. The van der Waals surface area contributed by atoms with Crippen molar-refractivity contribution in [3.8, 4) is 0 Å². The number of piperidine rings is 1. The Morgan fingerprint density at radius 2 is 2.29 bits per heavy atom. The summed E-state index contributed by atoms with van der Waals surface area (Å²) in [5, 5.41) is 0. The highest BCUT2D eigenvalue weighted by Crippen LogP contribution is 2.17. The van der Waals surface area contributed by atoms with Crippen molar-refractivity contribution in [1.82, 2.24) is 4.90 Å². The molecule has 0 bridgehead atoms. The molecule has 0 aromatic carbocycles. The number of hydrogen-bond donors (Lipinski definition) is 0. The first-order valence-corrected chi connectivity index (χ1v) is 6.93. The highest BCUT2D eigenvalue weighted by Gasteiger charge is 2.22. The Morgan fingerprint density at radius 1 is 1.50 bits per heavy atom. The van der Waals surface area contributed by atoms with Crippen molar-refractivity contribution in [3.63, 3.8) is 0 Å². The van der Waals surface area contributed by atoms with Crippen LogP contribution < -0.4 is 0 Å². The van der Waals surface area contributed by atoms with Gasteiger partial charge in [-0.15, -0.1) is 0 Å². The van der Waals surface area contributed by atoms with Crippen LogP contribution in [0.4, 0.5) is 0 Å². The summed E-state index contributed by atoms with van der Waals surface area (Å²) in [6.45, 7) is 3.16. The van der Waals surface area contributed by atoms with Crippen molar-refractivity contribution in [2.24, 2.45) is 0 Å². The van der Waals surface area contributed by atoms with Crippen molar-refractivity contribution in [2.75, 3.05) is 18.6 Å². The Hall–Kier alpha value is -0.180. The zero-order valence-electron chi connectivity index (χ0n) is 9.29. The summed E-state index contributed by atoms with van der Waals surface area (Å²) in [5.41, 5.74) is 0. The number of carbonyl (C=O) groups is 1. The highest BCUT2D eigenvalue weighted by molar-refractivity contribution is 7.98. The van der Waals surface area contributed by atoms with Crippen molar-refractivity contribution >= 4 is 17.7 Å². The highest BCUT2D eigenvalue weighted by atomic mass is 32.2. The lowest BCUT2D eigenvalue weighted by Crippen LogP contribution is -2.41. The SMILES string of the molecule is CSCCCC(=O)N1CCCCC1C. The van der Waals surface area contributed by atoms with E-state index in [0.29, 0.717) is 11.9 Å². The molecule has 82 valence electrons. The minimum Gasteiger partial charge on any atom is -0.340 e. The second-order valence-electron chi connectivity index (χ2n) is 4.03. The third kappa shape index (κ3) is 3.52. The van der Waals surface area contributed by atoms with E-state index in [1.165, 1.54) is 19.3 Å². The molecule has 0 aromatic rings. The molecular formula is C11H21NOS. The van der Waals surface area contributed by atoms with Crippen molar-refractivity contribution in [3.05, 3.63) is 0 Å². The Balaban J connectivity index is 2.27. The summed E-state index contributed by atoms with van der Waals surface area (Å²) < 4.78 is 0. The number of likely N-dealkylation sites (tertiary alicyclic amines) is 1. The lowest BCUT2D eigenvalue weighted by Gasteiger charge is -2.33. The summed E-state index contributed by atoms with van der Waals surface area (Å²) in [5.74, 6) is 1.47. The van der Waals surface area contributed by atoms with Crippen LogP contribution in [0.5, 0.6) is 0 Å². The van der Waals surface area contributed by atoms with Crippen molar-refractivity contribution in [2.45, 2.75) is 45.1 Å². The largest absolute Gasteiger partial charge is 0.340 e. The summed E-state index contributed by atoms with van der Waals surface area (Å²) in [7, 11) is 0. The molecule has 2 nitrogen and oxygen atoms in total. The molecule has 1 saturated heterocycles. The molecule has 1 heterocycles. The summed E-state index contributed by atoms with van der Waals surface area (Å²) in [6, 6.07) is 0.477. The number of hydrogen-bond acceptors (Lipinski definition) is 2. The maximum absolute atomic E-state index is 11.8. The van der Waals surface area contributed by atoms with E-state index in [9.17, 15) is 4.79 Å². The van der Waals surface area contributed by atoms with Gasteiger partial charge >= 0.3 is 0 Å². The molecule has 1 rings (SSSR count). The van der Waals surface area contributed by atoms with Crippen LogP contribution in [0.15, 0.2) is 0 Å². The summed E-state index contributed by atoms with van der Waals surface area (Å²) in [6.07, 6.45) is 7.53. The van der Waals surface area contributed by atoms with Gasteiger partial charge in [-0.2, -0.15) is 11.8 Å². The van der Waals surface area contributed by atoms with Gasteiger partial charge in [0.15, 0.2) is 0 Å². The number of rotatable bonds is 4. The Bertz CT molecular complexity index is 184. The summed E-state index contributed by atoms with van der Waals surface area (Å²) in [4.78, 5) is 13.9. The fourth-order valence-electron chi connectivity index (χ4n) is 1.98. The molecule has 0 aliphatic carbocycles. The lowest BCUT2D eigenvalue weighted by molar-refractivity contribution is -0.134.